The lowest BCUT2D eigenvalue weighted by molar-refractivity contribution is 0.413. The second kappa shape index (κ2) is 4.50. The summed E-state index contributed by atoms with van der Waals surface area (Å²) in [5, 5.41) is 0. The third-order valence-corrected chi connectivity index (χ3v) is 2.41. The molecule has 0 aliphatic heterocycles. The number of hydrogen-bond acceptors (Lipinski definition) is 1. The third-order valence-electron chi connectivity index (χ3n) is 2.41. The van der Waals surface area contributed by atoms with Gasteiger partial charge in [0.05, 0.1) is 7.11 Å². The lowest BCUT2D eigenvalue weighted by atomic mass is 9.95. The molecule has 0 atom stereocenters. The molecule has 0 unspecified atom stereocenters. The van der Waals surface area contributed by atoms with Crippen LogP contribution in [0.2, 0.25) is 0 Å². The van der Waals surface area contributed by atoms with Crippen molar-refractivity contribution in [1.29, 1.82) is 0 Å². The molecule has 0 saturated carbocycles. The topological polar surface area (TPSA) is 9.23 Å². The molecule has 0 bridgehead atoms. The highest BCUT2D eigenvalue weighted by molar-refractivity contribution is 5.41. The maximum atomic E-state index is 5.28. The van der Waals surface area contributed by atoms with Gasteiger partial charge in [-0.3, -0.25) is 0 Å². The van der Waals surface area contributed by atoms with Crippen molar-refractivity contribution < 1.29 is 4.74 Å². The molecule has 1 aromatic carbocycles. The highest BCUT2D eigenvalue weighted by Crippen LogP contribution is 2.26. The summed E-state index contributed by atoms with van der Waals surface area (Å²) in [4.78, 5) is 0. The van der Waals surface area contributed by atoms with E-state index in [4.69, 9.17) is 4.74 Å². The second-order valence-corrected chi connectivity index (χ2v) is 4.15. The van der Waals surface area contributed by atoms with Crippen molar-refractivity contribution in [2.75, 3.05) is 7.11 Å². The summed E-state index contributed by atoms with van der Waals surface area (Å²) >= 11 is 0. The lowest BCUT2D eigenvalue weighted by Crippen LogP contribution is -1.95. The van der Waals surface area contributed by atoms with Gasteiger partial charge < -0.3 is 4.74 Å². The van der Waals surface area contributed by atoms with E-state index >= 15 is 0 Å². The highest BCUT2D eigenvalue weighted by Gasteiger charge is 2.07. The van der Waals surface area contributed by atoms with Crippen molar-refractivity contribution in [3.05, 3.63) is 35.2 Å². The van der Waals surface area contributed by atoms with Crippen LogP contribution >= 0.6 is 0 Å². The van der Waals surface area contributed by atoms with Gasteiger partial charge in [0.1, 0.15) is 5.75 Å². The van der Waals surface area contributed by atoms with E-state index in [2.05, 4.69) is 45.9 Å². The van der Waals surface area contributed by atoms with Crippen molar-refractivity contribution >= 4 is 0 Å². The number of benzene rings is 1. The van der Waals surface area contributed by atoms with Gasteiger partial charge in [-0.05, 0) is 35.1 Å². The largest absolute Gasteiger partial charge is 0.497 e. The van der Waals surface area contributed by atoms with E-state index in [-0.39, 0.29) is 0 Å². The summed E-state index contributed by atoms with van der Waals surface area (Å²) in [7, 11) is 1.72. The standard InChI is InChI=1S/C13H19O/c1-9(2)11-6-12(10(3)4)8-13(7-11)14-5/h6-9H,1-5H3. The third kappa shape index (κ3) is 2.50. The van der Waals surface area contributed by atoms with E-state index in [0.29, 0.717) is 5.92 Å². The van der Waals surface area contributed by atoms with Crippen LogP contribution in [-0.2, 0) is 0 Å². The fraction of sp³-hybridized carbons (Fsp3) is 0.462. The Balaban J connectivity index is 3.13. The first-order valence-corrected chi connectivity index (χ1v) is 5.04. The average Bonchev–Trinajstić information content (AvgIpc) is 2.16. The van der Waals surface area contributed by atoms with Gasteiger partial charge >= 0.3 is 0 Å². The number of ether oxygens (including phenoxy) is 1. The van der Waals surface area contributed by atoms with E-state index in [1.807, 2.05) is 0 Å². The second-order valence-electron chi connectivity index (χ2n) is 4.15. The Bertz CT molecular complexity index is 274. The minimum atomic E-state index is 0.545. The molecule has 14 heavy (non-hydrogen) atoms. The minimum absolute atomic E-state index is 0.545. The van der Waals surface area contributed by atoms with E-state index in [1.54, 1.807) is 7.11 Å². The molecule has 0 aromatic heterocycles. The van der Waals surface area contributed by atoms with E-state index in [1.165, 1.54) is 17.0 Å². The van der Waals surface area contributed by atoms with Crippen LogP contribution in [0.25, 0.3) is 0 Å². The quantitative estimate of drug-likeness (QED) is 0.706. The van der Waals surface area contributed by atoms with Gasteiger partial charge in [-0.25, -0.2) is 0 Å². The smallest absolute Gasteiger partial charge is 0.119 e. The molecule has 1 nitrogen and oxygen atoms in total. The van der Waals surface area contributed by atoms with Crippen LogP contribution in [0, 0.1) is 5.92 Å². The molecule has 0 aliphatic carbocycles. The van der Waals surface area contributed by atoms with E-state index in [0.717, 1.165) is 5.75 Å². The van der Waals surface area contributed by atoms with Crippen LogP contribution in [0.3, 0.4) is 0 Å². The van der Waals surface area contributed by atoms with Gasteiger partial charge in [-0.15, -0.1) is 0 Å². The van der Waals surface area contributed by atoms with Gasteiger partial charge in [-0.2, -0.15) is 0 Å². The molecule has 1 radical (unpaired) electrons. The molecular formula is C13H19O. The molecule has 0 aliphatic rings. The Morgan fingerprint density at radius 2 is 1.79 bits per heavy atom. The van der Waals surface area contributed by atoms with Crippen LogP contribution < -0.4 is 4.74 Å². The summed E-state index contributed by atoms with van der Waals surface area (Å²) in [5.41, 5.74) is 2.61. The monoisotopic (exact) mass is 191 g/mol. The van der Waals surface area contributed by atoms with E-state index in [9.17, 15) is 0 Å². The zero-order valence-corrected chi connectivity index (χ0v) is 9.72. The van der Waals surface area contributed by atoms with Gasteiger partial charge in [-0.1, -0.05) is 33.8 Å². The zero-order chi connectivity index (χ0) is 10.7. The van der Waals surface area contributed by atoms with Crippen molar-refractivity contribution in [1.82, 2.24) is 0 Å². The maximum Gasteiger partial charge on any atom is 0.119 e. The maximum absolute atomic E-state index is 5.28. The summed E-state index contributed by atoms with van der Waals surface area (Å²) in [5.74, 6) is 2.82. The Morgan fingerprint density at radius 1 is 1.14 bits per heavy atom. The van der Waals surface area contributed by atoms with Gasteiger partial charge in [0.25, 0.3) is 0 Å². The molecule has 1 aromatic rings. The number of methoxy groups -OCH3 is 1. The fourth-order valence-electron chi connectivity index (χ4n) is 1.36. The van der Waals surface area contributed by atoms with Crippen molar-refractivity contribution in [3.63, 3.8) is 0 Å². The fourth-order valence-corrected chi connectivity index (χ4v) is 1.36. The summed E-state index contributed by atoms with van der Waals surface area (Å²) in [6.07, 6.45) is 0. The summed E-state index contributed by atoms with van der Waals surface area (Å²) in [6, 6.07) is 6.43. The molecule has 0 amide bonds. The SMILES string of the molecule is COc1cc([C](C)C)cc(C(C)C)c1. The first-order valence-electron chi connectivity index (χ1n) is 5.04. The van der Waals surface area contributed by atoms with Crippen LogP contribution in [0.4, 0.5) is 0 Å². The zero-order valence-electron chi connectivity index (χ0n) is 9.72. The van der Waals surface area contributed by atoms with Crippen LogP contribution in [0.15, 0.2) is 18.2 Å². The number of hydrogen-bond donors (Lipinski definition) is 0. The minimum Gasteiger partial charge on any atom is -0.497 e. The molecule has 0 fully saturated rings. The van der Waals surface area contributed by atoms with Crippen molar-refractivity contribution in [3.8, 4) is 5.75 Å². The first kappa shape index (κ1) is 11.1. The molecular weight excluding hydrogens is 172 g/mol. The molecule has 1 heteroatoms. The summed E-state index contributed by atoms with van der Waals surface area (Å²) < 4.78 is 5.28. The van der Waals surface area contributed by atoms with Gasteiger partial charge in [0.2, 0.25) is 0 Å². The first-order chi connectivity index (χ1) is 6.54. The van der Waals surface area contributed by atoms with E-state index < -0.39 is 0 Å². The predicted molar refractivity (Wildman–Crippen MR) is 60.8 cm³/mol. The van der Waals surface area contributed by atoms with Crippen LogP contribution in [-0.4, -0.2) is 7.11 Å². The Hall–Kier alpha value is -0.980. The molecule has 0 saturated heterocycles. The molecule has 0 heterocycles. The molecule has 0 N–H and O–H groups in total. The Kier molecular flexibility index (Phi) is 3.56. The van der Waals surface area contributed by atoms with Crippen molar-refractivity contribution in [2.24, 2.45) is 0 Å². The van der Waals surface area contributed by atoms with Gasteiger partial charge in [0, 0.05) is 0 Å². The van der Waals surface area contributed by atoms with Gasteiger partial charge in [0.15, 0.2) is 0 Å². The average molecular weight is 191 g/mol. The Morgan fingerprint density at radius 3 is 2.21 bits per heavy atom. The van der Waals surface area contributed by atoms with Crippen LogP contribution in [0.1, 0.15) is 44.7 Å². The normalized spacial score (nSPS) is 11.1. The van der Waals surface area contributed by atoms with Crippen molar-refractivity contribution in [2.45, 2.75) is 33.6 Å². The highest BCUT2D eigenvalue weighted by atomic mass is 16.5. The molecule has 1 rings (SSSR count). The lowest BCUT2D eigenvalue weighted by Gasteiger charge is -2.13. The predicted octanol–water partition coefficient (Wildman–Crippen LogP) is 3.78. The van der Waals surface area contributed by atoms with Crippen LogP contribution in [0.5, 0.6) is 5.75 Å². The summed E-state index contributed by atoms with van der Waals surface area (Å²) in [6.45, 7) is 8.64. The number of rotatable bonds is 3. The molecule has 0 spiro atoms. The molecule has 77 valence electrons. The Labute approximate surface area is 87.1 Å².